The van der Waals surface area contributed by atoms with Gasteiger partial charge in [0, 0.05) is 18.8 Å². The van der Waals surface area contributed by atoms with Crippen molar-refractivity contribution in [1.29, 1.82) is 0 Å². The summed E-state index contributed by atoms with van der Waals surface area (Å²) in [7, 11) is 0. The number of halogens is 2. The first-order valence-electron chi connectivity index (χ1n) is 12.4. The summed E-state index contributed by atoms with van der Waals surface area (Å²) in [5.74, 6) is 1.15. The number of likely N-dealkylation sites (tertiary alicyclic amines) is 1. The number of hydrogen-bond acceptors (Lipinski definition) is 3. The number of nitrogens with zero attached hydrogens (tertiary/aromatic N) is 3. The Morgan fingerprint density at radius 2 is 1.80 bits per heavy atom. The van der Waals surface area contributed by atoms with Crippen molar-refractivity contribution in [2.24, 2.45) is 11.8 Å². The fourth-order valence-electron chi connectivity index (χ4n) is 4.69. The largest absolute Gasteiger partial charge is 0.343 e. The van der Waals surface area contributed by atoms with Crippen molar-refractivity contribution < 1.29 is 4.79 Å². The van der Waals surface area contributed by atoms with Crippen LogP contribution in [0.25, 0.3) is 5.69 Å². The number of rotatable bonds is 9. The molecule has 1 N–H and O–H groups in total. The summed E-state index contributed by atoms with van der Waals surface area (Å²) in [6.07, 6.45) is 4.44. The summed E-state index contributed by atoms with van der Waals surface area (Å²) < 4.78 is 1.97. The van der Waals surface area contributed by atoms with E-state index >= 15 is 0 Å². The van der Waals surface area contributed by atoms with Gasteiger partial charge >= 0.3 is 0 Å². The second-order valence-electron chi connectivity index (χ2n) is 9.92. The maximum Gasteiger partial charge on any atom is 0.227 e. The maximum absolute atomic E-state index is 12.7. The SMILES string of the molecule is CC(C)Cc1cc(CC(=O)NCN2CCC(Cc3ccc(Cl)c(Cl)c3)CC2)nn1-c1ccccc1. The molecule has 1 amide bonds. The van der Waals surface area contributed by atoms with Crippen LogP contribution in [0.15, 0.2) is 54.6 Å². The zero-order valence-corrected chi connectivity index (χ0v) is 22.0. The third kappa shape index (κ3) is 7.33. The van der Waals surface area contributed by atoms with Gasteiger partial charge in [-0.05, 0) is 73.4 Å². The summed E-state index contributed by atoms with van der Waals surface area (Å²) >= 11 is 12.2. The number of benzene rings is 2. The van der Waals surface area contributed by atoms with Gasteiger partial charge in [0.25, 0.3) is 0 Å². The first kappa shape index (κ1) is 25.7. The molecule has 0 spiro atoms. The Bertz CT molecular complexity index is 1120. The van der Waals surface area contributed by atoms with Crippen LogP contribution in [0.5, 0.6) is 0 Å². The van der Waals surface area contributed by atoms with Crippen LogP contribution in [-0.4, -0.2) is 40.3 Å². The number of carbonyl (C=O) groups is 1. The van der Waals surface area contributed by atoms with Gasteiger partial charge < -0.3 is 5.32 Å². The summed E-state index contributed by atoms with van der Waals surface area (Å²) in [6, 6.07) is 18.1. The Hall–Kier alpha value is -2.34. The molecule has 0 radical (unpaired) electrons. The van der Waals surface area contributed by atoms with E-state index in [0.717, 1.165) is 55.8 Å². The van der Waals surface area contributed by atoms with E-state index in [2.05, 4.69) is 36.2 Å². The molecule has 4 rings (SSSR count). The Morgan fingerprint density at radius 1 is 1.06 bits per heavy atom. The normalized spacial score (nSPS) is 15.0. The van der Waals surface area contributed by atoms with Gasteiger partial charge in [0.15, 0.2) is 0 Å². The van der Waals surface area contributed by atoms with Gasteiger partial charge in [0.2, 0.25) is 5.91 Å². The molecule has 2 heterocycles. The van der Waals surface area contributed by atoms with Gasteiger partial charge in [-0.15, -0.1) is 0 Å². The number of amides is 1. The Labute approximate surface area is 218 Å². The molecule has 35 heavy (non-hydrogen) atoms. The predicted molar refractivity (Wildman–Crippen MR) is 143 cm³/mol. The molecule has 1 fully saturated rings. The minimum Gasteiger partial charge on any atom is -0.343 e. The van der Waals surface area contributed by atoms with E-state index in [1.165, 1.54) is 5.56 Å². The number of nitrogens with one attached hydrogen (secondary N) is 1. The van der Waals surface area contributed by atoms with Gasteiger partial charge in [0.05, 0.1) is 34.5 Å². The van der Waals surface area contributed by atoms with E-state index in [4.69, 9.17) is 28.3 Å². The van der Waals surface area contributed by atoms with Crippen molar-refractivity contribution >= 4 is 29.1 Å². The number of hydrogen-bond donors (Lipinski definition) is 1. The lowest BCUT2D eigenvalue weighted by Crippen LogP contribution is -2.42. The van der Waals surface area contributed by atoms with E-state index < -0.39 is 0 Å². The van der Waals surface area contributed by atoms with E-state index in [9.17, 15) is 4.79 Å². The fraction of sp³-hybridized carbons (Fsp3) is 0.429. The second kappa shape index (κ2) is 12.1. The topological polar surface area (TPSA) is 50.2 Å². The van der Waals surface area contributed by atoms with Crippen LogP contribution in [0.1, 0.15) is 43.6 Å². The quantitative estimate of drug-likeness (QED) is 0.385. The van der Waals surface area contributed by atoms with Crippen molar-refractivity contribution in [2.75, 3.05) is 19.8 Å². The molecule has 1 aliphatic rings. The molecule has 2 aromatic carbocycles. The molecule has 1 aliphatic heterocycles. The van der Waals surface area contributed by atoms with E-state index in [0.29, 0.717) is 35.0 Å². The molecule has 0 aliphatic carbocycles. The van der Waals surface area contributed by atoms with Gasteiger partial charge in [-0.3, -0.25) is 9.69 Å². The van der Waals surface area contributed by atoms with Crippen LogP contribution in [0.2, 0.25) is 10.0 Å². The number of para-hydroxylation sites is 1. The summed E-state index contributed by atoms with van der Waals surface area (Å²) in [5, 5.41) is 9.07. The summed E-state index contributed by atoms with van der Waals surface area (Å²) in [6.45, 7) is 6.93. The van der Waals surface area contributed by atoms with Crippen LogP contribution in [-0.2, 0) is 24.1 Å². The highest BCUT2D eigenvalue weighted by molar-refractivity contribution is 6.42. The molecule has 5 nitrogen and oxygen atoms in total. The minimum atomic E-state index is 0.0109. The molecule has 0 bridgehead atoms. The highest BCUT2D eigenvalue weighted by atomic mass is 35.5. The number of aromatic nitrogens is 2. The first-order chi connectivity index (χ1) is 16.9. The van der Waals surface area contributed by atoms with Crippen molar-refractivity contribution in [2.45, 2.75) is 46.0 Å². The van der Waals surface area contributed by atoms with E-state index in [1.807, 2.05) is 47.1 Å². The third-order valence-electron chi connectivity index (χ3n) is 6.51. The van der Waals surface area contributed by atoms with Crippen molar-refractivity contribution in [3.05, 3.63) is 81.6 Å². The predicted octanol–water partition coefficient (Wildman–Crippen LogP) is 5.95. The Kier molecular flexibility index (Phi) is 8.88. The smallest absolute Gasteiger partial charge is 0.227 e. The zero-order valence-electron chi connectivity index (χ0n) is 20.5. The maximum atomic E-state index is 12.7. The molecule has 186 valence electrons. The van der Waals surface area contributed by atoms with Gasteiger partial charge in [-0.1, -0.05) is 61.3 Å². The average molecular weight is 514 g/mol. The molecular formula is C28H34Cl2N4O. The van der Waals surface area contributed by atoms with Gasteiger partial charge in [0.1, 0.15) is 0 Å². The van der Waals surface area contributed by atoms with Crippen LogP contribution >= 0.6 is 23.2 Å². The molecule has 0 saturated carbocycles. The van der Waals surface area contributed by atoms with Crippen molar-refractivity contribution in [1.82, 2.24) is 20.0 Å². The lowest BCUT2D eigenvalue weighted by Gasteiger charge is -2.32. The minimum absolute atomic E-state index is 0.0109. The fourth-order valence-corrected chi connectivity index (χ4v) is 5.01. The van der Waals surface area contributed by atoms with Crippen LogP contribution < -0.4 is 5.32 Å². The number of piperidine rings is 1. The number of carbonyl (C=O) groups excluding carboxylic acids is 1. The average Bonchev–Trinajstić information content (AvgIpc) is 3.22. The van der Waals surface area contributed by atoms with Crippen LogP contribution in [0.3, 0.4) is 0 Å². The molecule has 3 aromatic rings. The Morgan fingerprint density at radius 3 is 2.49 bits per heavy atom. The lowest BCUT2D eigenvalue weighted by atomic mass is 9.90. The lowest BCUT2D eigenvalue weighted by molar-refractivity contribution is -0.121. The third-order valence-corrected chi connectivity index (χ3v) is 7.25. The summed E-state index contributed by atoms with van der Waals surface area (Å²) in [4.78, 5) is 15.0. The highest BCUT2D eigenvalue weighted by Gasteiger charge is 2.20. The standard InChI is InChI=1S/C28H34Cl2N4O/c1-20(2)14-25-17-23(32-34(25)24-6-4-3-5-7-24)18-28(35)31-19-33-12-10-21(11-13-33)15-22-8-9-26(29)27(30)16-22/h3-9,16-17,20-21H,10-15,18-19H2,1-2H3,(H,31,35). The summed E-state index contributed by atoms with van der Waals surface area (Å²) in [5.41, 5.74) is 4.21. The van der Waals surface area contributed by atoms with E-state index in [-0.39, 0.29) is 5.91 Å². The van der Waals surface area contributed by atoms with Gasteiger partial charge in [-0.2, -0.15) is 5.10 Å². The van der Waals surface area contributed by atoms with Crippen LogP contribution in [0.4, 0.5) is 0 Å². The van der Waals surface area contributed by atoms with Crippen LogP contribution in [0, 0.1) is 11.8 Å². The van der Waals surface area contributed by atoms with E-state index in [1.54, 1.807) is 0 Å². The highest BCUT2D eigenvalue weighted by Crippen LogP contribution is 2.27. The molecule has 1 saturated heterocycles. The Balaban J connectivity index is 1.26. The second-order valence-corrected chi connectivity index (χ2v) is 10.7. The monoisotopic (exact) mass is 512 g/mol. The van der Waals surface area contributed by atoms with Crippen molar-refractivity contribution in [3.8, 4) is 5.69 Å². The molecule has 0 unspecified atom stereocenters. The van der Waals surface area contributed by atoms with Gasteiger partial charge in [-0.25, -0.2) is 4.68 Å². The molecular weight excluding hydrogens is 479 g/mol. The molecule has 7 heteroatoms. The van der Waals surface area contributed by atoms with Crippen molar-refractivity contribution in [3.63, 3.8) is 0 Å². The molecule has 0 atom stereocenters. The first-order valence-corrected chi connectivity index (χ1v) is 13.2. The molecule has 1 aromatic heterocycles. The zero-order chi connectivity index (χ0) is 24.8.